The molecule has 0 radical (unpaired) electrons. The number of nitro benzene ring substituents is 1. The van der Waals surface area contributed by atoms with Gasteiger partial charge in [-0.1, -0.05) is 23.2 Å². The fourth-order valence-corrected chi connectivity index (χ4v) is 2.56. The lowest BCUT2D eigenvalue weighted by Crippen LogP contribution is -2.55. The highest BCUT2D eigenvalue weighted by atomic mass is 35.5. The number of nitrogens with one attached hydrogen (secondary N) is 1. The molecule has 1 saturated heterocycles. The molecule has 0 bridgehead atoms. The monoisotopic (exact) mass is 319 g/mol. The fraction of sp³-hybridized carbons (Fsp3) is 0.364. The van der Waals surface area contributed by atoms with Crippen LogP contribution >= 0.6 is 23.2 Å². The molecule has 1 fully saturated rings. The van der Waals surface area contributed by atoms with Gasteiger partial charge in [0.05, 0.1) is 15.0 Å². The molecule has 9 heteroatoms. The van der Waals surface area contributed by atoms with Gasteiger partial charge in [-0.2, -0.15) is 0 Å². The molecule has 108 valence electrons. The van der Waals surface area contributed by atoms with Gasteiger partial charge >= 0.3 is 5.97 Å². The van der Waals surface area contributed by atoms with Gasteiger partial charge in [0.1, 0.15) is 11.7 Å². The lowest BCUT2D eigenvalue weighted by Gasteiger charge is -2.35. The van der Waals surface area contributed by atoms with Crippen molar-refractivity contribution in [2.24, 2.45) is 0 Å². The Labute approximate surface area is 124 Å². The van der Waals surface area contributed by atoms with Crippen molar-refractivity contribution < 1.29 is 14.8 Å². The molecule has 0 aromatic heterocycles. The molecule has 0 amide bonds. The predicted molar refractivity (Wildman–Crippen MR) is 74.8 cm³/mol. The van der Waals surface area contributed by atoms with Crippen molar-refractivity contribution in [2.75, 3.05) is 24.5 Å². The van der Waals surface area contributed by atoms with Crippen LogP contribution in [-0.2, 0) is 4.79 Å². The average molecular weight is 320 g/mol. The molecule has 20 heavy (non-hydrogen) atoms. The molecule has 1 unspecified atom stereocenters. The third-order valence-corrected chi connectivity index (χ3v) is 3.85. The van der Waals surface area contributed by atoms with E-state index in [1.807, 2.05) is 0 Å². The zero-order valence-electron chi connectivity index (χ0n) is 10.2. The lowest BCUT2D eigenvalue weighted by molar-refractivity contribution is -0.384. The Morgan fingerprint density at radius 3 is 2.80 bits per heavy atom. The first-order chi connectivity index (χ1) is 9.43. The number of piperazine rings is 1. The number of halogens is 2. The molecule has 1 aliphatic rings. The van der Waals surface area contributed by atoms with E-state index >= 15 is 0 Å². The summed E-state index contributed by atoms with van der Waals surface area (Å²) in [6.45, 7) is 0.969. The van der Waals surface area contributed by atoms with Gasteiger partial charge in [0.25, 0.3) is 5.69 Å². The highest BCUT2D eigenvalue weighted by Gasteiger charge is 2.34. The van der Waals surface area contributed by atoms with Crippen LogP contribution in [0.4, 0.5) is 11.4 Å². The maximum atomic E-state index is 11.3. The van der Waals surface area contributed by atoms with Gasteiger partial charge in [-0.05, 0) is 6.07 Å². The Hall–Kier alpha value is -1.57. The van der Waals surface area contributed by atoms with Crippen LogP contribution in [0.2, 0.25) is 10.0 Å². The van der Waals surface area contributed by atoms with Crippen LogP contribution < -0.4 is 10.2 Å². The first-order valence-corrected chi connectivity index (χ1v) is 6.51. The van der Waals surface area contributed by atoms with Gasteiger partial charge in [0.15, 0.2) is 0 Å². The summed E-state index contributed by atoms with van der Waals surface area (Å²) in [6.07, 6.45) is 0. The molecular weight excluding hydrogens is 309 g/mol. The number of hydrogen-bond donors (Lipinski definition) is 2. The summed E-state index contributed by atoms with van der Waals surface area (Å²) in [7, 11) is 0. The number of aliphatic carboxylic acids is 1. The van der Waals surface area contributed by atoms with Crippen LogP contribution in [0.1, 0.15) is 0 Å². The normalized spacial score (nSPS) is 18.9. The standard InChI is InChI=1S/C11H11Cl2N3O4/c12-6-1-2-7(16(19)20)10(9(6)13)15-4-3-14-5-8(15)11(17)18/h1-2,8,14H,3-5H2,(H,17,18). The van der Waals surface area contributed by atoms with Crippen LogP contribution in [0.3, 0.4) is 0 Å². The van der Waals surface area contributed by atoms with Crippen molar-refractivity contribution in [1.82, 2.24) is 5.32 Å². The van der Waals surface area contributed by atoms with E-state index < -0.39 is 16.9 Å². The Bertz CT molecular complexity index is 567. The van der Waals surface area contributed by atoms with Gasteiger partial charge < -0.3 is 15.3 Å². The molecule has 0 aliphatic carbocycles. The highest BCUT2D eigenvalue weighted by molar-refractivity contribution is 6.44. The summed E-state index contributed by atoms with van der Waals surface area (Å²) in [5.74, 6) is -1.08. The van der Waals surface area contributed by atoms with Crippen molar-refractivity contribution in [1.29, 1.82) is 0 Å². The number of nitrogens with zero attached hydrogens (tertiary/aromatic N) is 2. The van der Waals surface area contributed by atoms with E-state index in [4.69, 9.17) is 23.2 Å². The second kappa shape index (κ2) is 5.82. The number of carboxylic acids is 1. The topological polar surface area (TPSA) is 95.7 Å². The summed E-state index contributed by atoms with van der Waals surface area (Å²) in [6, 6.07) is 1.62. The minimum atomic E-state index is -1.08. The summed E-state index contributed by atoms with van der Waals surface area (Å²) in [5.41, 5.74) is -0.203. The number of hydrogen-bond acceptors (Lipinski definition) is 5. The maximum absolute atomic E-state index is 11.3. The van der Waals surface area contributed by atoms with Crippen molar-refractivity contribution in [3.63, 3.8) is 0 Å². The summed E-state index contributed by atoms with van der Waals surface area (Å²) in [4.78, 5) is 23.2. The molecule has 2 rings (SSSR count). The van der Waals surface area contributed by atoms with Crippen LogP contribution in [0.5, 0.6) is 0 Å². The fourth-order valence-electron chi connectivity index (χ4n) is 2.14. The molecule has 1 atom stereocenters. The second-order valence-electron chi connectivity index (χ2n) is 4.24. The van der Waals surface area contributed by atoms with Crippen LogP contribution in [0, 0.1) is 10.1 Å². The van der Waals surface area contributed by atoms with E-state index in [1.165, 1.54) is 17.0 Å². The van der Waals surface area contributed by atoms with Crippen molar-refractivity contribution in [2.45, 2.75) is 6.04 Å². The molecule has 0 saturated carbocycles. The third kappa shape index (κ3) is 2.65. The predicted octanol–water partition coefficient (Wildman–Crippen LogP) is 1.76. The third-order valence-electron chi connectivity index (χ3n) is 3.06. The molecule has 1 heterocycles. The van der Waals surface area contributed by atoms with E-state index in [1.54, 1.807) is 0 Å². The summed E-state index contributed by atoms with van der Waals surface area (Å²) in [5, 5.41) is 23.4. The zero-order valence-corrected chi connectivity index (χ0v) is 11.7. The number of anilines is 1. The van der Waals surface area contributed by atoms with Gasteiger partial charge in [0.2, 0.25) is 0 Å². The Morgan fingerprint density at radius 2 is 2.20 bits per heavy atom. The minimum Gasteiger partial charge on any atom is -0.480 e. The molecule has 7 nitrogen and oxygen atoms in total. The van der Waals surface area contributed by atoms with Gasteiger partial charge in [0, 0.05) is 25.7 Å². The van der Waals surface area contributed by atoms with Crippen LogP contribution in [0.15, 0.2) is 12.1 Å². The van der Waals surface area contributed by atoms with Gasteiger partial charge in [-0.25, -0.2) is 4.79 Å². The van der Waals surface area contributed by atoms with Crippen LogP contribution in [-0.4, -0.2) is 41.7 Å². The number of nitro groups is 1. The smallest absolute Gasteiger partial charge is 0.327 e. The second-order valence-corrected chi connectivity index (χ2v) is 5.02. The van der Waals surface area contributed by atoms with Gasteiger partial charge in [-0.3, -0.25) is 10.1 Å². The summed E-state index contributed by atoms with van der Waals surface area (Å²) >= 11 is 11.9. The van der Waals surface area contributed by atoms with Crippen molar-refractivity contribution in [3.8, 4) is 0 Å². The SMILES string of the molecule is O=C(O)C1CNCCN1c1c([N+](=O)[O-])ccc(Cl)c1Cl. The van der Waals surface area contributed by atoms with E-state index in [0.29, 0.717) is 6.54 Å². The van der Waals surface area contributed by atoms with E-state index in [9.17, 15) is 20.0 Å². The molecular formula is C11H11Cl2N3O4. The van der Waals surface area contributed by atoms with E-state index in [-0.39, 0.29) is 34.5 Å². The highest BCUT2D eigenvalue weighted by Crippen LogP contribution is 2.41. The van der Waals surface area contributed by atoms with Crippen molar-refractivity contribution >= 4 is 40.5 Å². The Morgan fingerprint density at radius 1 is 1.50 bits per heavy atom. The number of rotatable bonds is 3. The quantitative estimate of drug-likeness (QED) is 0.651. The number of carbonyl (C=O) groups is 1. The first-order valence-electron chi connectivity index (χ1n) is 5.76. The molecule has 2 N–H and O–H groups in total. The lowest BCUT2D eigenvalue weighted by atomic mass is 10.1. The Kier molecular flexibility index (Phi) is 4.32. The average Bonchev–Trinajstić information content (AvgIpc) is 2.41. The first kappa shape index (κ1) is 14.8. The minimum absolute atomic E-state index is 0.00554. The largest absolute Gasteiger partial charge is 0.480 e. The van der Waals surface area contributed by atoms with E-state index in [2.05, 4.69) is 5.32 Å². The molecule has 0 spiro atoms. The molecule has 1 aromatic rings. The molecule has 1 aromatic carbocycles. The Balaban J connectivity index is 2.56. The van der Waals surface area contributed by atoms with Gasteiger partial charge in [-0.15, -0.1) is 0 Å². The van der Waals surface area contributed by atoms with E-state index in [0.717, 1.165) is 0 Å². The van der Waals surface area contributed by atoms with Crippen LogP contribution in [0.25, 0.3) is 0 Å². The maximum Gasteiger partial charge on any atom is 0.327 e. The number of benzene rings is 1. The molecule has 1 aliphatic heterocycles. The summed E-state index contributed by atoms with van der Waals surface area (Å²) < 4.78 is 0. The zero-order chi connectivity index (χ0) is 14.9. The number of carboxylic acid groups (broad SMARTS) is 1. The van der Waals surface area contributed by atoms with Crippen molar-refractivity contribution in [3.05, 3.63) is 32.3 Å².